The van der Waals surface area contributed by atoms with E-state index in [1.165, 1.54) is 23.5 Å². The van der Waals surface area contributed by atoms with Crippen LogP contribution in [-0.4, -0.2) is 28.9 Å². The van der Waals surface area contributed by atoms with Gasteiger partial charge in [0.25, 0.3) is 0 Å². The fraction of sp³-hybridized carbons (Fsp3) is 0.286. The number of nitrogens with zero attached hydrogens (tertiary/aromatic N) is 3. The number of thiophene rings is 1. The number of hydrogen-bond acceptors (Lipinski definition) is 8. The molecule has 0 atom stereocenters. The van der Waals surface area contributed by atoms with Gasteiger partial charge in [0.2, 0.25) is 10.0 Å². The third-order valence-corrected chi connectivity index (χ3v) is 7.73. The summed E-state index contributed by atoms with van der Waals surface area (Å²) < 4.78 is 30.9. The summed E-state index contributed by atoms with van der Waals surface area (Å²) >= 11 is 2.87. The number of thiazole rings is 1. The van der Waals surface area contributed by atoms with Crippen LogP contribution in [0.5, 0.6) is 0 Å². The molecule has 2 N–H and O–H groups in total. The van der Waals surface area contributed by atoms with Crippen molar-refractivity contribution in [3.63, 3.8) is 0 Å². The summed E-state index contributed by atoms with van der Waals surface area (Å²) in [6, 6.07) is 6.55. The lowest BCUT2D eigenvalue weighted by molar-refractivity contribution is 0.0463. The first-order valence-corrected chi connectivity index (χ1v) is 13.3. The summed E-state index contributed by atoms with van der Waals surface area (Å²) in [5.74, 6) is 0.0920. The predicted molar refractivity (Wildman–Crippen MR) is 125 cm³/mol. The van der Waals surface area contributed by atoms with E-state index in [0.717, 1.165) is 28.9 Å². The number of esters is 1. The summed E-state index contributed by atoms with van der Waals surface area (Å²) in [6.45, 7) is 4.51. The first kappa shape index (κ1) is 22.6. The average molecular weight is 491 g/mol. The van der Waals surface area contributed by atoms with Crippen molar-refractivity contribution < 1.29 is 17.9 Å². The highest BCUT2D eigenvalue weighted by atomic mass is 32.2. The number of carbonyl (C=O) groups excluding carboxylic acids is 1. The lowest BCUT2D eigenvalue weighted by Crippen LogP contribution is -2.12. The first-order valence-electron chi connectivity index (χ1n) is 9.97. The predicted octanol–water partition coefficient (Wildman–Crippen LogP) is 4.33. The highest BCUT2D eigenvalue weighted by molar-refractivity contribution is 7.89. The molecule has 0 saturated heterocycles. The van der Waals surface area contributed by atoms with Crippen LogP contribution in [0.15, 0.2) is 39.9 Å². The summed E-state index contributed by atoms with van der Waals surface area (Å²) in [5, 5.41) is 9.98. The number of sulfonamides is 1. The van der Waals surface area contributed by atoms with Gasteiger partial charge in [0.05, 0.1) is 21.6 Å². The largest absolute Gasteiger partial charge is 0.453 e. The van der Waals surface area contributed by atoms with Gasteiger partial charge < -0.3 is 9.30 Å². The second kappa shape index (κ2) is 9.10. The number of aromatic nitrogens is 3. The molecule has 168 valence electrons. The Hall–Kier alpha value is -2.60. The van der Waals surface area contributed by atoms with E-state index < -0.39 is 16.0 Å². The lowest BCUT2D eigenvalue weighted by Gasteiger charge is -2.09. The fourth-order valence-electron chi connectivity index (χ4n) is 3.30. The number of aryl methyl sites for hydroxylation is 2. The van der Waals surface area contributed by atoms with Crippen molar-refractivity contribution >= 4 is 49.7 Å². The lowest BCUT2D eigenvalue weighted by atomic mass is 10.3. The standard InChI is InChI=1S/C21H22N4O4S3/c1-3-4-8-25-17-6-5-15(32(22,27)28)10-16(17)24-18(25)11-29-21(26)19-13(2)23-20(31-19)14-7-9-30-12-14/h5-7,9-10,12H,3-4,8,11H2,1-2H3,(H2,22,27,28). The maximum absolute atomic E-state index is 12.8. The second-order valence-corrected chi connectivity index (χ2v) is 10.6. The molecule has 0 radical (unpaired) electrons. The van der Waals surface area contributed by atoms with Crippen LogP contribution in [0.4, 0.5) is 0 Å². The van der Waals surface area contributed by atoms with E-state index >= 15 is 0 Å². The molecule has 4 rings (SSSR count). The number of primary sulfonamides is 1. The Morgan fingerprint density at radius 2 is 2.06 bits per heavy atom. The van der Waals surface area contributed by atoms with Crippen LogP contribution in [0.1, 0.15) is 41.0 Å². The third kappa shape index (κ3) is 4.60. The van der Waals surface area contributed by atoms with Crippen LogP contribution in [0.2, 0.25) is 0 Å². The van der Waals surface area contributed by atoms with Gasteiger partial charge in [-0.05, 0) is 43.0 Å². The Bertz CT molecular complexity index is 1370. The molecule has 0 amide bonds. The number of nitrogens with two attached hydrogens (primary N) is 1. The van der Waals surface area contributed by atoms with E-state index in [2.05, 4.69) is 16.9 Å². The van der Waals surface area contributed by atoms with E-state index in [0.29, 0.717) is 28.5 Å². The summed E-state index contributed by atoms with van der Waals surface area (Å²) in [4.78, 5) is 22.2. The van der Waals surface area contributed by atoms with Gasteiger partial charge in [0, 0.05) is 17.5 Å². The van der Waals surface area contributed by atoms with Crippen molar-refractivity contribution in [1.29, 1.82) is 0 Å². The van der Waals surface area contributed by atoms with Crippen molar-refractivity contribution in [2.45, 2.75) is 44.7 Å². The molecule has 0 bridgehead atoms. The van der Waals surface area contributed by atoms with Crippen LogP contribution < -0.4 is 5.14 Å². The van der Waals surface area contributed by atoms with E-state index in [1.54, 1.807) is 24.3 Å². The fourth-order valence-corrected chi connectivity index (χ4v) is 5.51. The van der Waals surface area contributed by atoms with Crippen LogP contribution in [0, 0.1) is 6.92 Å². The normalized spacial score (nSPS) is 11.8. The molecule has 8 nitrogen and oxygen atoms in total. The van der Waals surface area contributed by atoms with Crippen molar-refractivity contribution in [2.24, 2.45) is 5.14 Å². The van der Waals surface area contributed by atoms with Gasteiger partial charge in [-0.3, -0.25) is 0 Å². The second-order valence-electron chi connectivity index (χ2n) is 7.25. The number of hydrogen-bond donors (Lipinski definition) is 1. The van der Waals surface area contributed by atoms with Gasteiger partial charge in [-0.1, -0.05) is 13.3 Å². The molecule has 3 heterocycles. The average Bonchev–Trinajstić information content (AvgIpc) is 3.47. The first-order chi connectivity index (χ1) is 15.3. The molecular weight excluding hydrogens is 468 g/mol. The minimum atomic E-state index is -3.84. The number of ether oxygens (including phenoxy) is 1. The molecule has 11 heteroatoms. The summed E-state index contributed by atoms with van der Waals surface area (Å²) in [7, 11) is -3.84. The number of imidazole rings is 1. The number of benzene rings is 1. The van der Waals surface area contributed by atoms with Gasteiger partial charge in [0.15, 0.2) is 0 Å². The zero-order valence-electron chi connectivity index (χ0n) is 17.6. The molecule has 0 unspecified atom stereocenters. The smallest absolute Gasteiger partial charge is 0.350 e. The van der Waals surface area contributed by atoms with E-state index in [1.807, 2.05) is 21.4 Å². The minimum absolute atomic E-state index is 0.00469. The molecule has 0 fully saturated rings. The molecule has 0 aliphatic rings. The Morgan fingerprint density at radius 1 is 1.25 bits per heavy atom. The molecule has 32 heavy (non-hydrogen) atoms. The molecule has 4 aromatic rings. The van der Waals surface area contributed by atoms with Gasteiger partial charge in [-0.25, -0.2) is 28.3 Å². The maximum Gasteiger partial charge on any atom is 0.350 e. The van der Waals surface area contributed by atoms with Gasteiger partial charge >= 0.3 is 5.97 Å². The SMILES string of the molecule is CCCCn1c(COC(=O)c2sc(-c3ccsc3)nc2C)nc2cc(S(N)(=O)=O)ccc21. The van der Waals surface area contributed by atoms with Crippen LogP contribution in [0.3, 0.4) is 0 Å². The molecule has 1 aromatic carbocycles. The minimum Gasteiger partial charge on any atom is -0.453 e. The molecule has 0 aliphatic carbocycles. The summed E-state index contributed by atoms with van der Waals surface area (Å²) in [6.07, 6.45) is 1.88. The van der Waals surface area contributed by atoms with Gasteiger partial charge in [0.1, 0.15) is 22.3 Å². The van der Waals surface area contributed by atoms with Crippen LogP contribution in [0.25, 0.3) is 21.6 Å². The molecule has 0 saturated carbocycles. The molecule has 0 aliphatic heterocycles. The van der Waals surface area contributed by atoms with Crippen molar-refractivity contribution in [2.75, 3.05) is 0 Å². The summed E-state index contributed by atoms with van der Waals surface area (Å²) in [5.41, 5.74) is 2.87. The number of carbonyl (C=O) groups is 1. The zero-order valence-corrected chi connectivity index (χ0v) is 20.0. The molecule has 3 aromatic heterocycles. The van der Waals surface area contributed by atoms with Crippen LogP contribution in [-0.2, 0) is 27.9 Å². The highest BCUT2D eigenvalue weighted by Crippen LogP contribution is 2.30. The topological polar surface area (TPSA) is 117 Å². The van der Waals surface area contributed by atoms with E-state index in [4.69, 9.17) is 9.88 Å². The van der Waals surface area contributed by atoms with Gasteiger partial charge in [-0.15, -0.1) is 11.3 Å². The molecule has 0 spiro atoms. The highest BCUT2D eigenvalue weighted by Gasteiger charge is 2.20. The Kier molecular flexibility index (Phi) is 6.42. The maximum atomic E-state index is 12.8. The van der Waals surface area contributed by atoms with E-state index in [9.17, 15) is 13.2 Å². The molecular formula is C21H22N4O4S3. The van der Waals surface area contributed by atoms with Crippen molar-refractivity contribution in [3.8, 4) is 10.6 Å². The number of fused-ring (bicyclic) bond motifs is 1. The Labute approximate surface area is 193 Å². The van der Waals surface area contributed by atoms with Crippen LogP contribution >= 0.6 is 22.7 Å². The van der Waals surface area contributed by atoms with Crippen molar-refractivity contribution in [3.05, 3.63) is 51.4 Å². The number of unbranched alkanes of at least 4 members (excludes halogenated alkanes) is 1. The zero-order chi connectivity index (χ0) is 22.9. The third-order valence-electron chi connectivity index (χ3n) is 4.95. The number of rotatable bonds is 8. The quantitative estimate of drug-likeness (QED) is 0.367. The van der Waals surface area contributed by atoms with E-state index in [-0.39, 0.29) is 11.5 Å². The Balaban J connectivity index is 1.60. The Morgan fingerprint density at radius 3 is 2.75 bits per heavy atom. The van der Waals surface area contributed by atoms with Gasteiger partial charge in [-0.2, -0.15) is 11.3 Å². The van der Waals surface area contributed by atoms with Crippen molar-refractivity contribution in [1.82, 2.24) is 14.5 Å². The monoisotopic (exact) mass is 490 g/mol.